The minimum absolute atomic E-state index is 0.194. The number of halogens is 1. The number of thiazole rings is 1. The van der Waals surface area contributed by atoms with Crippen LogP contribution in [0.1, 0.15) is 60.5 Å². The standard InChI is InChI=1S/C39H35IN2O5S/c1-5-46-38(44)33-34(28-14-10-7-11-15-28)41-39-42(35(33)29-18-16-27(17-19-29)24(2)3)37(43)32(48-39)22-26-20-30(40)36(31(21-26)45-4)47-23-25-12-8-6-9-13-25/h6-22,24,35H,5,23H2,1-4H3/b32-22-/t35-/m0/s1. The fraction of sp³-hybridized carbons (Fsp3) is 0.205. The van der Waals surface area contributed by atoms with Crippen molar-refractivity contribution >= 4 is 51.7 Å². The molecule has 6 rings (SSSR count). The van der Waals surface area contributed by atoms with Gasteiger partial charge in [0.15, 0.2) is 16.3 Å². The molecule has 1 aromatic heterocycles. The number of carbonyl (C=O) groups is 1. The minimum Gasteiger partial charge on any atom is -0.493 e. The van der Waals surface area contributed by atoms with Gasteiger partial charge in [-0.05, 0) is 75.9 Å². The summed E-state index contributed by atoms with van der Waals surface area (Å²) in [6, 6.07) is 30.7. The summed E-state index contributed by atoms with van der Waals surface area (Å²) in [5.74, 6) is 1.03. The van der Waals surface area contributed by atoms with Crippen LogP contribution in [0.3, 0.4) is 0 Å². The average molecular weight is 771 g/mol. The van der Waals surface area contributed by atoms with Gasteiger partial charge in [0, 0.05) is 5.56 Å². The largest absolute Gasteiger partial charge is 0.493 e. The van der Waals surface area contributed by atoms with Crippen molar-refractivity contribution in [3.63, 3.8) is 0 Å². The van der Waals surface area contributed by atoms with E-state index in [1.165, 1.54) is 11.3 Å². The first kappa shape index (κ1) is 33.4. The molecule has 5 aromatic rings. The van der Waals surface area contributed by atoms with Crippen LogP contribution >= 0.6 is 33.9 Å². The lowest BCUT2D eigenvalue weighted by molar-refractivity contribution is -0.138. The summed E-state index contributed by atoms with van der Waals surface area (Å²) in [6.45, 7) is 6.63. The third kappa shape index (κ3) is 6.88. The van der Waals surface area contributed by atoms with Crippen molar-refractivity contribution in [1.29, 1.82) is 0 Å². The van der Waals surface area contributed by atoms with Crippen molar-refractivity contribution in [3.05, 3.63) is 154 Å². The molecule has 4 aromatic carbocycles. The normalized spacial score (nSPS) is 14.5. The summed E-state index contributed by atoms with van der Waals surface area (Å²) < 4.78 is 20.4. The van der Waals surface area contributed by atoms with Crippen molar-refractivity contribution in [1.82, 2.24) is 4.57 Å². The lowest BCUT2D eigenvalue weighted by Crippen LogP contribution is -2.40. The van der Waals surface area contributed by atoms with Gasteiger partial charge in [-0.25, -0.2) is 9.79 Å². The third-order valence-corrected chi connectivity index (χ3v) is 9.85. The summed E-state index contributed by atoms with van der Waals surface area (Å²) in [7, 11) is 1.60. The molecule has 0 spiro atoms. The summed E-state index contributed by atoms with van der Waals surface area (Å²) >= 11 is 3.52. The number of ether oxygens (including phenoxy) is 3. The summed E-state index contributed by atoms with van der Waals surface area (Å²) in [6.07, 6.45) is 1.84. The molecule has 1 atom stereocenters. The van der Waals surface area contributed by atoms with Gasteiger partial charge in [-0.1, -0.05) is 110 Å². The first-order valence-electron chi connectivity index (χ1n) is 15.7. The Kier molecular flexibility index (Phi) is 10.3. The molecule has 48 heavy (non-hydrogen) atoms. The van der Waals surface area contributed by atoms with E-state index in [4.69, 9.17) is 19.2 Å². The van der Waals surface area contributed by atoms with Gasteiger partial charge < -0.3 is 14.2 Å². The van der Waals surface area contributed by atoms with Crippen LogP contribution in [0, 0.1) is 3.57 Å². The van der Waals surface area contributed by atoms with E-state index in [1.807, 2.05) is 91.0 Å². The van der Waals surface area contributed by atoms with E-state index in [0.29, 0.717) is 44.6 Å². The third-order valence-electron chi connectivity index (χ3n) is 8.07. The van der Waals surface area contributed by atoms with Gasteiger partial charge >= 0.3 is 5.97 Å². The maximum Gasteiger partial charge on any atom is 0.338 e. The molecule has 0 bridgehead atoms. The highest BCUT2D eigenvalue weighted by Gasteiger charge is 2.35. The van der Waals surface area contributed by atoms with Crippen molar-refractivity contribution in [2.45, 2.75) is 39.3 Å². The Morgan fingerprint density at radius 3 is 2.33 bits per heavy atom. The number of methoxy groups -OCH3 is 1. The van der Waals surface area contributed by atoms with Gasteiger partial charge in [0.25, 0.3) is 5.56 Å². The topological polar surface area (TPSA) is 79.1 Å². The van der Waals surface area contributed by atoms with E-state index in [1.54, 1.807) is 18.6 Å². The number of hydrogen-bond acceptors (Lipinski definition) is 7. The Morgan fingerprint density at radius 2 is 1.69 bits per heavy atom. The van der Waals surface area contributed by atoms with Crippen LogP contribution in [0.5, 0.6) is 11.5 Å². The second kappa shape index (κ2) is 14.7. The highest BCUT2D eigenvalue weighted by atomic mass is 127. The molecule has 2 heterocycles. The Hall–Kier alpha value is -4.48. The van der Waals surface area contributed by atoms with Gasteiger partial charge in [0.2, 0.25) is 0 Å². The Bertz CT molecular complexity index is 2150. The van der Waals surface area contributed by atoms with Gasteiger partial charge in [-0.3, -0.25) is 9.36 Å². The van der Waals surface area contributed by atoms with Crippen molar-refractivity contribution < 1.29 is 19.0 Å². The molecule has 0 radical (unpaired) electrons. The van der Waals surface area contributed by atoms with Crippen LogP contribution in [0.25, 0.3) is 11.8 Å². The van der Waals surface area contributed by atoms with E-state index in [2.05, 4.69) is 48.6 Å². The molecule has 7 nitrogen and oxygen atoms in total. The van der Waals surface area contributed by atoms with E-state index < -0.39 is 12.0 Å². The zero-order chi connectivity index (χ0) is 33.8. The molecule has 1 aliphatic heterocycles. The minimum atomic E-state index is -0.734. The number of nitrogens with zero attached hydrogens (tertiary/aromatic N) is 2. The predicted octanol–water partition coefficient (Wildman–Crippen LogP) is 7.25. The second-order valence-corrected chi connectivity index (χ2v) is 13.7. The van der Waals surface area contributed by atoms with E-state index in [-0.39, 0.29) is 12.2 Å². The first-order valence-corrected chi connectivity index (χ1v) is 17.6. The van der Waals surface area contributed by atoms with E-state index in [9.17, 15) is 9.59 Å². The molecular formula is C39H35IN2O5S. The monoisotopic (exact) mass is 770 g/mol. The zero-order valence-electron chi connectivity index (χ0n) is 27.1. The fourth-order valence-electron chi connectivity index (χ4n) is 5.66. The molecule has 0 amide bonds. The number of fused-ring (bicyclic) bond motifs is 1. The smallest absolute Gasteiger partial charge is 0.338 e. The quantitative estimate of drug-likeness (QED) is 0.111. The molecular weight excluding hydrogens is 735 g/mol. The Morgan fingerprint density at radius 1 is 1.00 bits per heavy atom. The fourth-order valence-corrected chi connectivity index (χ4v) is 7.45. The Balaban J connectivity index is 1.51. The summed E-state index contributed by atoms with van der Waals surface area (Å²) in [5.41, 5.74) is 5.14. The van der Waals surface area contributed by atoms with E-state index >= 15 is 0 Å². The number of carbonyl (C=O) groups excluding carboxylic acids is 1. The lowest BCUT2D eigenvalue weighted by Gasteiger charge is -2.26. The van der Waals surface area contributed by atoms with Crippen LogP contribution in [0.15, 0.2) is 112 Å². The first-order chi connectivity index (χ1) is 23.3. The van der Waals surface area contributed by atoms with Gasteiger partial charge in [-0.2, -0.15) is 0 Å². The van der Waals surface area contributed by atoms with Gasteiger partial charge in [0.05, 0.1) is 39.1 Å². The van der Waals surface area contributed by atoms with Crippen molar-refractivity contribution in [2.75, 3.05) is 13.7 Å². The predicted molar refractivity (Wildman–Crippen MR) is 198 cm³/mol. The number of rotatable bonds is 10. The second-order valence-electron chi connectivity index (χ2n) is 11.6. The number of hydrogen-bond donors (Lipinski definition) is 0. The molecule has 0 aliphatic carbocycles. The highest BCUT2D eigenvalue weighted by molar-refractivity contribution is 14.1. The molecule has 9 heteroatoms. The van der Waals surface area contributed by atoms with Crippen LogP contribution in [-0.2, 0) is 16.1 Å². The lowest BCUT2D eigenvalue weighted by atomic mass is 9.91. The van der Waals surface area contributed by atoms with Crippen molar-refractivity contribution in [2.24, 2.45) is 4.99 Å². The molecule has 0 N–H and O–H groups in total. The zero-order valence-corrected chi connectivity index (χ0v) is 30.1. The van der Waals surface area contributed by atoms with Crippen LogP contribution in [-0.4, -0.2) is 24.3 Å². The molecule has 0 saturated heterocycles. The average Bonchev–Trinajstić information content (AvgIpc) is 3.41. The van der Waals surface area contributed by atoms with Gasteiger partial charge in [-0.15, -0.1) is 0 Å². The van der Waals surface area contributed by atoms with Crippen LogP contribution in [0.2, 0.25) is 0 Å². The molecule has 244 valence electrons. The summed E-state index contributed by atoms with van der Waals surface area (Å²) in [4.78, 5) is 33.6. The number of aromatic nitrogens is 1. The number of esters is 1. The highest BCUT2D eigenvalue weighted by Crippen LogP contribution is 2.37. The molecule has 0 fully saturated rings. The van der Waals surface area contributed by atoms with Crippen molar-refractivity contribution in [3.8, 4) is 11.5 Å². The SMILES string of the molecule is CCOC(=O)C1=C(c2ccccc2)N=c2s/c(=C\c3cc(I)c(OCc4ccccc4)c(OC)c3)c(=O)n2[C@H]1c1ccc(C(C)C)cc1. The maximum absolute atomic E-state index is 14.4. The summed E-state index contributed by atoms with van der Waals surface area (Å²) in [5, 5.41) is 0. The van der Waals surface area contributed by atoms with Gasteiger partial charge in [0.1, 0.15) is 6.61 Å². The molecule has 0 unspecified atom stereocenters. The van der Waals surface area contributed by atoms with E-state index in [0.717, 1.165) is 31.4 Å². The Labute approximate surface area is 297 Å². The van der Waals surface area contributed by atoms with Crippen LogP contribution in [0.4, 0.5) is 0 Å². The van der Waals surface area contributed by atoms with Crippen LogP contribution < -0.4 is 24.4 Å². The number of benzene rings is 4. The molecule has 0 saturated carbocycles. The molecule has 1 aliphatic rings. The maximum atomic E-state index is 14.4.